The standard InChI is InChI=1S/C30H34O6/c1-4-23-18-24(5-1)30-27-8-3-9-28(30)22-36-17-13-32-11-15-34-20-26-7-2-6-25(29(23)26)19-33-14-10-31-12-16-35-21-27/h1-9,18H,10-17,19-22H2. The van der Waals surface area contributed by atoms with Gasteiger partial charge in [-0.1, -0.05) is 54.6 Å². The molecule has 4 bridgehead atoms. The van der Waals surface area contributed by atoms with Gasteiger partial charge in [-0.25, -0.2) is 0 Å². The second-order valence-corrected chi connectivity index (χ2v) is 8.92. The third-order valence-corrected chi connectivity index (χ3v) is 6.43. The molecule has 6 heteroatoms. The van der Waals surface area contributed by atoms with Gasteiger partial charge in [-0.2, -0.15) is 0 Å². The summed E-state index contributed by atoms with van der Waals surface area (Å²) in [6, 6.07) is 21.4. The van der Waals surface area contributed by atoms with Crippen molar-refractivity contribution < 1.29 is 28.4 Å². The Hall–Kier alpha value is -2.58. The highest BCUT2D eigenvalue weighted by molar-refractivity contribution is 5.79. The van der Waals surface area contributed by atoms with E-state index in [0.29, 0.717) is 79.3 Å². The van der Waals surface area contributed by atoms with Crippen LogP contribution in [0.4, 0.5) is 0 Å². The number of hydrogen-bond acceptors (Lipinski definition) is 6. The molecule has 0 fully saturated rings. The zero-order valence-corrected chi connectivity index (χ0v) is 20.7. The number of benzene rings is 3. The lowest BCUT2D eigenvalue weighted by Gasteiger charge is -2.20. The molecule has 36 heavy (non-hydrogen) atoms. The first-order valence-corrected chi connectivity index (χ1v) is 12.7. The third-order valence-electron chi connectivity index (χ3n) is 6.43. The van der Waals surface area contributed by atoms with E-state index in [2.05, 4.69) is 60.7 Å². The first-order chi connectivity index (χ1) is 17.9. The predicted octanol–water partition coefficient (Wildman–Crippen LogP) is 5.15. The minimum absolute atomic E-state index is 0.506. The summed E-state index contributed by atoms with van der Waals surface area (Å²) in [5.74, 6) is 0. The molecular formula is C30H34O6. The van der Waals surface area contributed by atoms with E-state index in [0.717, 1.165) is 44.5 Å². The Kier molecular flexibility index (Phi) is 9.13. The van der Waals surface area contributed by atoms with E-state index in [4.69, 9.17) is 28.4 Å². The van der Waals surface area contributed by atoms with E-state index >= 15 is 0 Å². The van der Waals surface area contributed by atoms with Gasteiger partial charge in [0.2, 0.25) is 0 Å². The Morgan fingerprint density at radius 2 is 0.667 bits per heavy atom. The highest BCUT2D eigenvalue weighted by Gasteiger charge is 2.16. The van der Waals surface area contributed by atoms with Gasteiger partial charge >= 0.3 is 0 Å². The maximum atomic E-state index is 6.00. The smallest absolute Gasteiger partial charge is 0.0724 e. The summed E-state index contributed by atoms with van der Waals surface area (Å²) in [6.07, 6.45) is 0. The fraction of sp³-hybridized carbons (Fsp3) is 0.400. The van der Waals surface area contributed by atoms with Crippen LogP contribution < -0.4 is 0 Å². The second-order valence-electron chi connectivity index (χ2n) is 8.92. The van der Waals surface area contributed by atoms with Gasteiger partial charge < -0.3 is 28.4 Å². The molecule has 2 aliphatic rings. The van der Waals surface area contributed by atoms with Crippen LogP contribution in [0.1, 0.15) is 22.3 Å². The molecule has 6 nitrogen and oxygen atoms in total. The van der Waals surface area contributed by atoms with Crippen LogP contribution in [0.25, 0.3) is 22.3 Å². The fourth-order valence-corrected chi connectivity index (χ4v) is 4.76. The molecule has 190 valence electrons. The molecule has 5 rings (SSSR count). The number of ether oxygens (including phenoxy) is 6. The largest absolute Gasteiger partial charge is 0.377 e. The van der Waals surface area contributed by atoms with Crippen molar-refractivity contribution in [3.05, 3.63) is 82.9 Å². The molecule has 0 radical (unpaired) electrons. The first-order valence-electron chi connectivity index (χ1n) is 12.7. The van der Waals surface area contributed by atoms with Crippen LogP contribution in [-0.4, -0.2) is 52.9 Å². The van der Waals surface area contributed by atoms with Crippen molar-refractivity contribution in [3.63, 3.8) is 0 Å². The summed E-state index contributed by atoms with van der Waals surface area (Å²) in [6.45, 7) is 6.30. The molecule has 2 heterocycles. The van der Waals surface area contributed by atoms with Gasteiger partial charge in [0.05, 0.1) is 79.3 Å². The average molecular weight is 491 g/mol. The van der Waals surface area contributed by atoms with E-state index in [-0.39, 0.29) is 0 Å². The third kappa shape index (κ3) is 6.40. The van der Waals surface area contributed by atoms with Crippen LogP contribution in [0, 0.1) is 0 Å². The zero-order chi connectivity index (χ0) is 24.4. The van der Waals surface area contributed by atoms with Crippen molar-refractivity contribution in [1.82, 2.24) is 0 Å². The molecule has 0 spiro atoms. The van der Waals surface area contributed by atoms with Crippen molar-refractivity contribution in [2.75, 3.05) is 52.9 Å². The second kappa shape index (κ2) is 13.1. The van der Waals surface area contributed by atoms with Gasteiger partial charge in [0.15, 0.2) is 0 Å². The predicted molar refractivity (Wildman–Crippen MR) is 138 cm³/mol. The SMILES string of the molecule is c1cc2cc(c1)-c1c3cccc1COCCOCCOCc1cccc(c1-2)COCCOCCOC3. The van der Waals surface area contributed by atoms with Crippen LogP contribution >= 0.6 is 0 Å². The number of rotatable bonds is 0. The lowest BCUT2D eigenvalue weighted by molar-refractivity contribution is 0.00563. The quantitative estimate of drug-likeness (QED) is 0.435. The maximum absolute atomic E-state index is 6.00. The van der Waals surface area contributed by atoms with Crippen molar-refractivity contribution in [2.24, 2.45) is 0 Å². The minimum Gasteiger partial charge on any atom is -0.377 e. The van der Waals surface area contributed by atoms with Crippen LogP contribution in [0.15, 0.2) is 60.7 Å². The van der Waals surface area contributed by atoms with Crippen LogP contribution in [0.3, 0.4) is 0 Å². The molecule has 3 aromatic rings. The molecule has 3 aromatic carbocycles. The van der Waals surface area contributed by atoms with Crippen molar-refractivity contribution >= 4 is 0 Å². The number of hydrogen-bond donors (Lipinski definition) is 0. The molecule has 0 aromatic heterocycles. The molecular weight excluding hydrogens is 456 g/mol. The molecule has 0 saturated carbocycles. The lowest BCUT2D eigenvalue weighted by atomic mass is 9.89. The zero-order valence-electron chi connectivity index (χ0n) is 20.7. The van der Waals surface area contributed by atoms with Crippen molar-refractivity contribution in [1.29, 1.82) is 0 Å². The first kappa shape index (κ1) is 25.1. The average Bonchev–Trinajstić information content (AvgIpc) is 2.90. The fourth-order valence-electron chi connectivity index (χ4n) is 4.76. The lowest BCUT2D eigenvalue weighted by Crippen LogP contribution is -2.12. The molecule has 0 N–H and O–H groups in total. The van der Waals surface area contributed by atoms with Gasteiger partial charge in [-0.05, 0) is 50.6 Å². The molecule has 0 saturated heterocycles. The summed E-state index contributed by atoms with van der Waals surface area (Å²) in [5, 5.41) is 0. The Labute approximate surface area is 213 Å². The maximum Gasteiger partial charge on any atom is 0.0724 e. The normalized spacial score (nSPS) is 18.2. The summed E-state index contributed by atoms with van der Waals surface area (Å²) in [5.41, 5.74) is 9.14. The Balaban J connectivity index is 1.64. The Bertz CT molecular complexity index is 987. The summed E-state index contributed by atoms with van der Waals surface area (Å²) < 4.78 is 35.5. The highest BCUT2D eigenvalue weighted by Crippen LogP contribution is 2.35. The van der Waals surface area contributed by atoms with Crippen molar-refractivity contribution in [2.45, 2.75) is 26.4 Å². The van der Waals surface area contributed by atoms with E-state index in [1.807, 2.05) is 0 Å². The van der Waals surface area contributed by atoms with E-state index < -0.39 is 0 Å². The summed E-state index contributed by atoms with van der Waals surface area (Å²) in [4.78, 5) is 0. The molecule has 0 atom stereocenters. The Morgan fingerprint density at radius 1 is 0.361 bits per heavy atom. The van der Waals surface area contributed by atoms with Crippen LogP contribution in [0.2, 0.25) is 0 Å². The van der Waals surface area contributed by atoms with Crippen LogP contribution in [-0.2, 0) is 54.8 Å². The van der Waals surface area contributed by atoms with Gasteiger partial charge in [0, 0.05) is 0 Å². The van der Waals surface area contributed by atoms with Crippen molar-refractivity contribution in [3.8, 4) is 22.3 Å². The summed E-state index contributed by atoms with van der Waals surface area (Å²) in [7, 11) is 0. The van der Waals surface area contributed by atoms with E-state index in [9.17, 15) is 0 Å². The molecule has 0 unspecified atom stereocenters. The molecule has 0 aliphatic carbocycles. The highest BCUT2D eigenvalue weighted by atomic mass is 16.5. The summed E-state index contributed by atoms with van der Waals surface area (Å²) >= 11 is 0. The van der Waals surface area contributed by atoms with E-state index in [1.54, 1.807) is 0 Å². The van der Waals surface area contributed by atoms with Gasteiger partial charge in [-0.3, -0.25) is 0 Å². The van der Waals surface area contributed by atoms with Gasteiger partial charge in [0.25, 0.3) is 0 Å². The van der Waals surface area contributed by atoms with E-state index in [1.165, 1.54) is 0 Å². The van der Waals surface area contributed by atoms with Gasteiger partial charge in [-0.15, -0.1) is 0 Å². The topological polar surface area (TPSA) is 55.4 Å². The van der Waals surface area contributed by atoms with Crippen LogP contribution in [0.5, 0.6) is 0 Å². The van der Waals surface area contributed by atoms with Gasteiger partial charge in [0.1, 0.15) is 0 Å². The Morgan fingerprint density at radius 3 is 1.03 bits per heavy atom. The minimum atomic E-state index is 0.506. The molecule has 0 amide bonds. The molecule has 2 aliphatic heterocycles. The monoisotopic (exact) mass is 490 g/mol.